The van der Waals surface area contributed by atoms with Gasteiger partial charge in [-0.2, -0.15) is 0 Å². The Labute approximate surface area is 147 Å². The Hall–Kier alpha value is -2.41. The number of amides is 3. The first-order valence-electron chi connectivity index (χ1n) is 8.61. The number of piperazine rings is 1. The standard InChI is InChI=1S/C18H23N3O4/c1-3-25-18(24)20-10-8-19(9-11-20)15-12-16(22)21(17(15)23)14-7-5-4-6-13(14)2/h4-7,15H,3,8-12H2,1-2H3. The molecule has 0 aliphatic carbocycles. The van der Waals surface area contributed by atoms with Crippen molar-refractivity contribution in [1.82, 2.24) is 9.80 Å². The Kier molecular flexibility index (Phi) is 5.03. The minimum absolute atomic E-state index is 0.169. The molecule has 0 saturated carbocycles. The topological polar surface area (TPSA) is 70.2 Å². The Balaban J connectivity index is 1.67. The molecule has 7 heteroatoms. The molecule has 1 aromatic carbocycles. The molecule has 2 fully saturated rings. The van der Waals surface area contributed by atoms with Gasteiger partial charge in [-0.25, -0.2) is 9.69 Å². The van der Waals surface area contributed by atoms with E-state index >= 15 is 0 Å². The fourth-order valence-electron chi connectivity index (χ4n) is 3.40. The fraction of sp³-hybridized carbons (Fsp3) is 0.500. The number of anilines is 1. The quantitative estimate of drug-likeness (QED) is 0.775. The Morgan fingerprint density at radius 2 is 1.84 bits per heavy atom. The second-order valence-electron chi connectivity index (χ2n) is 6.30. The summed E-state index contributed by atoms with van der Waals surface area (Å²) < 4.78 is 5.01. The number of hydrogen-bond donors (Lipinski definition) is 0. The predicted molar refractivity (Wildman–Crippen MR) is 92.2 cm³/mol. The van der Waals surface area contributed by atoms with Gasteiger partial charge in [-0.3, -0.25) is 14.5 Å². The van der Waals surface area contributed by atoms with Gasteiger partial charge in [0, 0.05) is 26.2 Å². The number of benzene rings is 1. The van der Waals surface area contributed by atoms with E-state index in [1.807, 2.05) is 30.0 Å². The van der Waals surface area contributed by atoms with Crippen molar-refractivity contribution in [2.75, 3.05) is 37.7 Å². The minimum atomic E-state index is -0.448. The molecule has 3 rings (SSSR count). The average Bonchev–Trinajstić information content (AvgIpc) is 2.90. The highest BCUT2D eigenvalue weighted by Crippen LogP contribution is 2.28. The molecule has 2 heterocycles. The van der Waals surface area contributed by atoms with Gasteiger partial charge >= 0.3 is 6.09 Å². The maximum Gasteiger partial charge on any atom is 0.409 e. The smallest absolute Gasteiger partial charge is 0.409 e. The van der Waals surface area contributed by atoms with Gasteiger partial charge in [0.25, 0.3) is 5.91 Å². The minimum Gasteiger partial charge on any atom is -0.450 e. The van der Waals surface area contributed by atoms with Crippen LogP contribution in [0.5, 0.6) is 0 Å². The maximum atomic E-state index is 12.8. The Morgan fingerprint density at radius 3 is 2.48 bits per heavy atom. The lowest BCUT2D eigenvalue weighted by Gasteiger charge is -2.36. The first-order valence-corrected chi connectivity index (χ1v) is 8.61. The normalized spacial score (nSPS) is 21.8. The van der Waals surface area contributed by atoms with E-state index in [0.29, 0.717) is 38.5 Å². The zero-order valence-electron chi connectivity index (χ0n) is 14.6. The van der Waals surface area contributed by atoms with Crippen LogP contribution in [-0.2, 0) is 14.3 Å². The molecule has 0 aromatic heterocycles. The summed E-state index contributed by atoms with van der Waals surface area (Å²) in [7, 11) is 0. The SMILES string of the molecule is CCOC(=O)N1CCN(C2CC(=O)N(c3ccccc3C)C2=O)CC1. The number of ether oxygens (including phenoxy) is 1. The molecular formula is C18H23N3O4. The number of aryl methyl sites for hydroxylation is 1. The largest absolute Gasteiger partial charge is 0.450 e. The van der Waals surface area contributed by atoms with E-state index in [9.17, 15) is 14.4 Å². The van der Waals surface area contributed by atoms with E-state index in [4.69, 9.17) is 4.74 Å². The second kappa shape index (κ2) is 7.23. The van der Waals surface area contributed by atoms with Gasteiger partial charge in [0.15, 0.2) is 0 Å². The Bertz CT molecular complexity index is 683. The molecule has 134 valence electrons. The zero-order chi connectivity index (χ0) is 18.0. The van der Waals surface area contributed by atoms with Crippen LogP contribution in [0.1, 0.15) is 18.9 Å². The van der Waals surface area contributed by atoms with Crippen molar-refractivity contribution in [3.05, 3.63) is 29.8 Å². The van der Waals surface area contributed by atoms with E-state index < -0.39 is 6.04 Å². The molecule has 2 aliphatic heterocycles. The molecule has 1 atom stereocenters. The van der Waals surface area contributed by atoms with Gasteiger partial charge in [0.1, 0.15) is 0 Å². The second-order valence-corrected chi connectivity index (χ2v) is 6.30. The van der Waals surface area contributed by atoms with E-state index in [1.54, 1.807) is 17.9 Å². The summed E-state index contributed by atoms with van der Waals surface area (Å²) in [5.41, 5.74) is 1.56. The van der Waals surface area contributed by atoms with Gasteiger partial charge in [0.05, 0.1) is 24.8 Å². The lowest BCUT2D eigenvalue weighted by molar-refractivity contribution is -0.123. The van der Waals surface area contributed by atoms with Crippen LogP contribution in [0.15, 0.2) is 24.3 Å². The molecular weight excluding hydrogens is 322 g/mol. The monoisotopic (exact) mass is 345 g/mol. The molecule has 0 N–H and O–H groups in total. The van der Waals surface area contributed by atoms with Crippen molar-refractivity contribution in [3.63, 3.8) is 0 Å². The molecule has 2 aliphatic rings. The summed E-state index contributed by atoms with van der Waals surface area (Å²) in [6.07, 6.45) is -0.135. The highest BCUT2D eigenvalue weighted by molar-refractivity contribution is 6.22. The van der Waals surface area contributed by atoms with Crippen molar-refractivity contribution in [2.24, 2.45) is 0 Å². The summed E-state index contributed by atoms with van der Waals surface area (Å²) in [4.78, 5) is 42.0. The lowest BCUT2D eigenvalue weighted by Crippen LogP contribution is -2.54. The maximum absolute atomic E-state index is 12.8. The first-order chi connectivity index (χ1) is 12.0. The summed E-state index contributed by atoms with van der Waals surface area (Å²) in [6, 6.07) is 6.95. The summed E-state index contributed by atoms with van der Waals surface area (Å²) in [6.45, 7) is 6.13. The summed E-state index contributed by atoms with van der Waals surface area (Å²) in [5, 5.41) is 0. The molecule has 0 radical (unpaired) electrons. The molecule has 1 unspecified atom stereocenters. The molecule has 3 amide bonds. The van der Waals surface area contributed by atoms with Crippen LogP contribution in [0.4, 0.5) is 10.5 Å². The number of nitrogens with zero attached hydrogens (tertiary/aromatic N) is 3. The Morgan fingerprint density at radius 1 is 1.16 bits per heavy atom. The van der Waals surface area contributed by atoms with Crippen molar-refractivity contribution in [3.8, 4) is 0 Å². The molecule has 1 aromatic rings. The van der Waals surface area contributed by atoms with Crippen molar-refractivity contribution >= 4 is 23.6 Å². The van der Waals surface area contributed by atoms with Crippen molar-refractivity contribution in [1.29, 1.82) is 0 Å². The van der Waals surface area contributed by atoms with E-state index in [-0.39, 0.29) is 24.3 Å². The molecule has 25 heavy (non-hydrogen) atoms. The van der Waals surface area contributed by atoms with Gasteiger partial charge in [0.2, 0.25) is 5.91 Å². The van der Waals surface area contributed by atoms with Gasteiger partial charge < -0.3 is 9.64 Å². The third kappa shape index (κ3) is 3.37. The third-order valence-corrected chi connectivity index (χ3v) is 4.76. The van der Waals surface area contributed by atoms with E-state index in [0.717, 1.165) is 5.56 Å². The highest BCUT2D eigenvalue weighted by Gasteiger charge is 2.44. The summed E-state index contributed by atoms with van der Waals surface area (Å²) >= 11 is 0. The third-order valence-electron chi connectivity index (χ3n) is 4.76. The van der Waals surface area contributed by atoms with Crippen LogP contribution in [0.3, 0.4) is 0 Å². The number of carbonyl (C=O) groups is 3. The predicted octanol–water partition coefficient (Wildman–Crippen LogP) is 1.40. The zero-order valence-corrected chi connectivity index (χ0v) is 14.6. The van der Waals surface area contributed by atoms with Crippen LogP contribution in [-0.4, -0.2) is 66.5 Å². The number of hydrogen-bond acceptors (Lipinski definition) is 5. The summed E-state index contributed by atoms with van der Waals surface area (Å²) in [5.74, 6) is -0.346. The number of carbonyl (C=O) groups excluding carboxylic acids is 3. The van der Waals surface area contributed by atoms with Crippen molar-refractivity contribution in [2.45, 2.75) is 26.3 Å². The van der Waals surface area contributed by atoms with Crippen LogP contribution in [0.2, 0.25) is 0 Å². The van der Waals surface area contributed by atoms with Crippen LogP contribution in [0.25, 0.3) is 0 Å². The van der Waals surface area contributed by atoms with Crippen LogP contribution >= 0.6 is 0 Å². The molecule has 0 bridgehead atoms. The molecule has 7 nitrogen and oxygen atoms in total. The fourth-order valence-corrected chi connectivity index (χ4v) is 3.40. The van der Waals surface area contributed by atoms with Crippen LogP contribution in [0, 0.1) is 6.92 Å². The molecule has 0 spiro atoms. The first kappa shape index (κ1) is 17.4. The van der Waals surface area contributed by atoms with E-state index in [2.05, 4.69) is 0 Å². The molecule has 2 saturated heterocycles. The van der Waals surface area contributed by atoms with Crippen molar-refractivity contribution < 1.29 is 19.1 Å². The van der Waals surface area contributed by atoms with E-state index in [1.165, 1.54) is 4.90 Å². The van der Waals surface area contributed by atoms with Gasteiger partial charge in [-0.05, 0) is 25.5 Å². The van der Waals surface area contributed by atoms with Crippen LogP contribution < -0.4 is 4.90 Å². The highest BCUT2D eigenvalue weighted by atomic mass is 16.6. The van der Waals surface area contributed by atoms with Gasteiger partial charge in [-0.1, -0.05) is 18.2 Å². The number of imide groups is 1. The lowest BCUT2D eigenvalue weighted by atomic mass is 10.1. The number of para-hydroxylation sites is 1. The average molecular weight is 345 g/mol. The number of rotatable bonds is 3. The van der Waals surface area contributed by atoms with Gasteiger partial charge in [-0.15, -0.1) is 0 Å².